The van der Waals surface area contributed by atoms with Gasteiger partial charge in [-0.2, -0.15) is 0 Å². The summed E-state index contributed by atoms with van der Waals surface area (Å²) in [5, 5.41) is 8.66. The molecule has 1 fully saturated rings. The highest BCUT2D eigenvalue weighted by atomic mass is 32.1. The van der Waals surface area contributed by atoms with Gasteiger partial charge in [-0.1, -0.05) is 0 Å². The number of carbonyl (C=O) groups excluding carboxylic acids is 1. The SMILES string of the molecule is Cc1ccsc1CNCC1(NC(=O)OC(C)(C)C)CCC1. The maximum Gasteiger partial charge on any atom is 0.408 e. The smallest absolute Gasteiger partial charge is 0.408 e. The third-order valence-electron chi connectivity index (χ3n) is 3.79. The van der Waals surface area contributed by atoms with E-state index in [4.69, 9.17) is 4.74 Å². The highest BCUT2D eigenvalue weighted by Gasteiger charge is 2.39. The summed E-state index contributed by atoms with van der Waals surface area (Å²) in [7, 11) is 0. The van der Waals surface area contributed by atoms with Crippen LogP contribution in [0.25, 0.3) is 0 Å². The van der Waals surface area contributed by atoms with Crippen LogP contribution in [0.15, 0.2) is 11.4 Å². The van der Waals surface area contributed by atoms with E-state index in [0.717, 1.165) is 32.4 Å². The predicted molar refractivity (Wildman–Crippen MR) is 86.7 cm³/mol. The number of aryl methyl sites for hydroxylation is 1. The molecule has 2 N–H and O–H groups in total. The van der Waals surface area contributed by atoms with Crippen molar-refractivity contribution in [3.63, 3.8) is 0 Å². The largest absolute Gasteiger partial charge is 0.444 e. The first-order valence-electron chi connectivity index (χ1n) is 7.55. The van der Waals surface area contributed by atoms with Gasteiger partial charge in [0.25, 0.3) is 0 Å². The van der Waals surface area contributed by atoms with Crippen LogP contribution in [0.1, 0.15) is 50.5 Å². The van der Waals surface area contributed by atoms with Crippen molar-refractivity contribution in [2.24, 2.45) is 0 Å². The molecular weight excluding hydrogens is 284 g/mol. The van der Waals surface area contributed by atoms with Crippen molar-refractivity contribution in [1.82, 2.24) is 10.6 Å². The lowest BCUT2D eigenvalue weighted by Gasteiger charge is -2.42. The van der Waals surface area contributed by atoms with Gasteiger partial charge in [0.2, 0.25) is 0 Å². The Kier molecular flexibility index (Phi) is 4.94. The molecule has 1 aromatic heterocycles. The number of hydrogen-bond donors (Lipinski definition) is 2. The minimum Gasteiger partial charge on any atom is -0.444 e. The summed E-state index contributed by atoms with van der Waals surface area (Å²) in [4.78, 5) is 13.3. The van der Waals surface area contributed by atoms with Gasteiger partial charge >= 0.3 is 6.09 Å². The van der Waals surface area contributed by atoms with Crippen molar-refractivity contribution >= 4 is 17.4 Å². The van der Waals surface area contributed by atoms with Crippen molar-refractivity contribution in [3.8, 4) is 0 Å². The van der Waals surface area contributed by atoms with Crippen molar-refractivity contribution in [2.75, 3.05) is 6.54 Å². The Morgan fingerprint density at radius 3 is 2.62 bits per heavy atom. The molecule has 0 radical (unpaired) electrons. The summed E-state index contributed by atoms with van der Waals surface area (Å²) in [6.45, 7) is 9.45. The Morgan fingerprint density at radius 1 is 1.43 bits per heavy atom. The Bertz CT molecular complexity index is 487. The summed E-state index contributed by atoms with van der Waals surface area (Å²) in [5.74, 6) is 0. The number of thiophene rings is 1. The minimum absolute atomic E-state index is 0.131. The van der Waals surface area contributed by atoms with E-state index in [1.54, 1.807) is 11.3 Å². The van der Waals surface area contributed by atoms with Gasteiger partial charge in [-0.05, 0) is 64.0 Å². The standard InChI is InChI=1S/C16H26N2O2S/c1-12-6-9-21-13(12)10-17-11-16(7-5-8-16)18-14(19)20-15(2,3)4/h6,9,17H,5,7-8,10-11H2,1-4H3,(H,18,19). The Morgan fingerprint density at radius 2 is 2.14 bits per heavy atom. The second-order valence-electron chi connectivity index (χ2n) is 6.89. The van der Waals surface area contributed by atoms with E-state index in [1.807, 2.05) is 20.8 Å². The zero-order chi connectivity index (χ0) is 15.5. The molecule has 1 aliphatic carbocycles. The molecule has 1 aromatic rings. The lowest BCUT2D eigenvalue weighted by molar-refractivity contribution is 0.0382. The summed E-state index contributed by atoms with van der Waals surface area (Å²) < 4.78 is 5.36. The Balaban J connectivity index is 1.81. The summed E-state index contributed by atoms with van der Waals surface area (Å²) >= 11 is 1.77. The van der Waals surface area contributed by atoms with Crippen LogP contribution in [0.5, 0.6) is 0 Å². The van der Waals surface area contributed by atoms with Gasteiger partial charge in [0.1, 0.15) is 5.60 Å². The van der Waals surface area contributed by atoms with Crippen molar-refractivity contribution < 1.29 is 9.53 Å². The second-order valence-corrected chi connectivity index (χ2v) is 7.89. The first-order chi connectivity index (χ1) is 9.80. The molecule has 1 saturated carbocycles. The van der Waals surface area contributed by atoms with E-state index in [2.05, 4.69) is 29.0 Å². The zero-order valence-electron chi connectivity index (χ0n) is 13.4. The minimum atomic E-state index is -0.448. The Hall–Kier alpha value is -1.07. The summed E-state index contributed by atoms with van der Waals surface area (Å²) in [5.41, 5.74) is 0.750. The van der Waals surface area contributed by atoms with Crippen LogP contribution >= 0.6 is 11.3 Å². The molecule has 4 nitrogen and oxygen atoms in total. The monoisotopic (exact) mass is 310 g/mol. The quantitative estimate of drug-likeness (QED) is 0.874. The number of hydrogen-bond acceptors (Lipinski definition) is 4. The van der Waals surface area contributed by atoms with Gasteiger partial charge in [-0.3, -0.25) is 0 Å². The highest BCUT2D eigenvalue weighted by Crippen LogP contribution is 2.31. The molecule has 1 heterocycles. The molecule has 2 rings (SSSR count). The number of alkyl carbamates (subject to hydrolysis) is 1. The molecule has 0 bridgehead atoms. The van der Waals surface area contributed by atoms with Crippen molar-refractivity contribution in [1.29, 1.82) is 0 Å². The van der Waals surface area contributed by atoms with E-state index < -0.39 is 5.60 Å². The fourth-order valence-electron chi connectivity index (χ4n) is 2.47. The maximum absolute atomic E-state index is 12.0. The lowest BCUT2D eigenvalue weighted by atomic mass is 9.76. The maximum atomic E-state index is 12.0. The first kappa shape index (κ1) is 16.3. The molecule has 0 aliphatic heterocycles. The first-order valence-corrected chi connectivity index (χ1v) is 8.43. The number of rotatable bonds is 5. The Labute approximate surface area is 131 Å². The average Bonchev–Trinajstić information content (AvgIpc) is 2.69. The zero-order valence-corrected chi connectivity index (χ0v) is 14.2. The van der Waals surface area contributed by atoms with Gasteiger partial charge in [-0.25, -0.2) is 4.79 Å². The highest BCUT2D eigenvalue weighted by molar-refractivity contribution is 7.10. The van der Waals surface area contributed by atoms with E-state index in [0.29, 0.717) is 0 Å². The molecule has 1 amide bonds. The molecule has 0 spiro atoms. The van der Waals surface area contributed by atoms with Crippen LogP contribution in [0, 0.1) is 6.92 Å². The molecule has 0 atom stereocenters. The molecule has 0 aromatic carbocycles. The van der Waals surface area contributed by atoms with Crippen molar-refractivity contribution in [3.05, 3.63) is 21.9 Å². The molecule has 118 valence electrons. The number of carbonyl (C=O) groups is 1. The third-order valence-corrected chi connectivity index (χ3v) is 4.82. The molecule has 0 unspecified atom stereocenters. The van der Waals surface area contributed by atoms with E-state index in [9.17, 15) is 4.79 Å². The van der Waals surface area contributed by atoms with Gasteiger partial charge < -0.3 is 15.4 Å². The number of ether oxygens (including phenoxy) is 1. The molecule has 5 heteroatoms. The topological polar surface area (TPSA) is 50.4 Å². The van der Waals surface area contributed by atoms with E-state index in [1.165, 1.54) is 10.4 Å². The van der Waals surface area contributed by atoms with Gasteiger partial charge in [0.15, 0.2) is 0 Å². The van der Waals surface area contributed by atoms with Crippen LogP contribution in [-0.4, -0.2) is 23.8 Å². The average molecular weight is 310 g/mol. The fourth-order valence-corrected chi connectivity index (χ4v) is 3.35. The molecular formula is C16H26N2O2S. The van der Waals surface area contributed by atoms with Crippen LogP contribution < -0.4 is 10.6 Å². The molecule has 21 heavy (non-hydrogen) atoms. The number of nitrogens with one attached hydrogen (secondary N) is 2. The molecule has 0 saturated heterocycles. The number of amides is 1. The van der Waals surface area contributed by atoms with Gasteiger partial charge in [0.05, 0.1) is 5.54 Å². The summed E-state index contributed by atoms with van der Waals surface area (Å²) in [6.07, 6.45) is 2.89. The summed E-state index contributed by atoms with van der Waals surface area (Å²) in [6, 6.07) is 2.14. The lowest BCUT2D eigenvalue weighted by Crippen LogP contribution is -2.59. The second kappa shape index (κ2) is 6.36. The van der Waals surface area contributed by atoms with E-state index >= 15 is 0 Å². The fraction of sp³-hybridized carbons (Fsp3) is 0.688. The molecule has 1 aliphatic rings. The van der Waals surface area contributed by atoms with E-state index in [-0.39, 0.29) is 11.6 Å². The van der Waals surface area contributed by atoms with Crippen LogP contribution in [0.2, 0.25) is 0 Å². The van der Waals surface area contributed by atoms with Crippen LogP contribution in [0.3, 0.4) is 0 Å². The van der Waals surface area contributed by atoms with Crippen LogP contribution in [0.4, 0.5) is 4.79 Å². The van der Waals surface area contributed by atoms with Gasteiger partial charge in [0, 0.05) is 18.0 Å². The van der Waals surface area contributed by atoms with Crippen LogP contribution in [-0.2, 0) is 11.3 Å². The normalized spacial score (nSPS) is 17.1. The van der Waals surface area contributed by atoms with Gasteiger partial charge in [-0.15, -0.1) is 11.3 Å². The third kappa shape index (κ3) is 4.71. The van der Waals surface area contributed by atoms with Crippen molar-refractivity contribution in [2.45, 2.75) is 64.6 Å². The predicted octanol–water partition coefficient (Wildman–Crippen LogP) is 3.59.